The van der Waals surface area contributed by atoms with Crippen molar-refractivity contribution >= 4 is 5.91 Å². The van der Waals surface area contributed by atoms with Gasteiger partial charge in [0.25, 0.3) is 0 Å². The van der Waals surface area contributed by atoms with Gasteiger partial charge in [-0.15, -0.1) is 0 Å². The number of nitrogens with zero attached hydrogens (tertiary/aromatic N) is 2. The smallest absolute Gasteiger partial charge is 0.219 e. The molecular weight excluding hydrogens is 314 g/mol. The van der Waals surface area contributed by atoms with Crippen molar-refractivity contribution in [2.24, 2.45) is 0 Å². The third kappa shape index (κ3) is 3.53. The lowest BCUT2D eigenvalue weighted by atomic mass is 9.73. The van der Waals surface area contributed by atoms with Crippen molar-refractivity contribution < 1.29 is 9.53 Å². The quantitative estimate of drug-likeness (QED) is 0.910. The molecule has 1 saturated carbocycles. The number of hydrogen-bond donors (Lipinski definition) is 1. The van der Waals surface area contributed by atoms with Gasteiger partial charge < -0.3 is 15.0 Å². The summed E-state index contributed by atoms with van der Waals surface area (Å²) < 4.78 is 6.33. The van der Waals surface area contributed by atoms with E-state index in [1.165, 1.54) is 24.8 Å². The number of piperazine rings is 1. The van der Waals surface area contributed by atoms with Crippen molar-refractivity contribution in [2.75, 3.05) is 39.3 Å². The van der Waals surface area contributed by atoms with E-state index in [0.29, 0.717) is 6.04 Å². The first-order chi connectivity index (χ1) is 12.2. The third-order valence-electron chi connectivity index (χ3n) is 6.10. The zero-order valence-electron chi connectivity index (χ0n) is 15.2. The van der Waals surface area contributed by atoms with Crippen molar-refractivity contribution in [3.8, 4) is 5.75 Å². The van der Waals surface area contributed by atoms with Crippen molar-refractivity contribution in [3.63, 3.8) is 0 Å². The SMILES string of the molecule is CC(=O)N1CCN(CCN[C@H]2CC3(CCC3)Oc3ccccc32)CC1. The molecule has 4 rings (SSSR count). The third-order valence-corrected chi connectivity index (χ3v) is 6.10. The predicted octanol–water partition coefficient (Wildman–Crippen LogP) is 2.19. The average molecular weight is 343 g/mol. The highest BCUT2D eigenvalue weighted by Crippen LogP contribution is 2.48. The Kier molecular flexibility index (Phi) is 4.69. The minimum absolute atomic E-state index is 0.0825. The summed E-state index contributed by atoms with van der Waals surface area (Å²) >= 11 is 0. The summed E-state index contributed by atoms with van der Waals surface area (Å²) in [4.78, 5) is 15.8. The van der Waals surface area contributed by atoms with Gasteiger partial charge in [-0.2, -0.15) is 0 Å². The van der Waals surface area contributed by atoms with E-state index < -0.39 is 0 Å². The number of hydrogen-bond acceptors (Lipinski definition) is 4. The fourth-order valence-corrected chi connectivity index (χ4v) is 4.36. The van der Waals surface area contributed by atoms with E-state index in [2.05, 4.69) is 34.5 Å². The second-order valence-corrected chi connectivity index (χ2v) is 7.73. The standard InChI is InChI=1S/C20H29N3O2/c1-16(24)23-13-11-22(12-14-23)10-9-21-18-15-20(7-4-8-20)25-19-6-3-2-5-17(18)19/h2-3,5-6,18,21H,4,7-15H2,1H3/t18-/m0/s1. The van der Waals surface area contributed by atoms with E-state index in [4.69, 9.17) is 4.74 Å². The predicted molar refractivity (Wildman–Crippen MR) is 97.7 cm³/mol. The highest BCUT2D eigenvalue weighted by atomic mass is 16.5. The van der Waals surface area contributed by atoms with Gasteiger partial charge in [-0.3, -0.25) is 9.69 Å². The molecule has 1 saturated heterocycles. The van der Waals surface area contributed by atoms with Gasteiger partial charge in [0.05, 0.1) is 0 Å². The van der Waals surface area contributed by atoms with Gasteiger partial charge in [-0.1, -0.05) is 18.2 Å². The Morgan fingerprint density at radius 1 is 1.24 bits per heavy atom. The van der Waals surface area contributed by atoms with Crippen LogP contribution in [-0.2, 0) is 4.79 Å². The molecular formula is C20H29N3O2. The van der Waals surface area contributed by atoms with Gasteiger partial charge in [-0.05, 0) is 25.3 Å². The van der Waals surface area contributed by atoms with Gasteiger partial charge in [-0.25, -0.2) is 0 Å². The molecule has 1 N–H and O–H groups in total. The van der Waals surface area contributed by atoms with Gasteiger partial charge in [0.15, 0.2) is 0 Å². The van der Waals surface area contributed by atoms with Gasteiger partial charge in [0.2, 0.25) is 5.91 Å². The topological polar surface area (TPSA) is 44.8 Å². The maximum atomic E-state index is 11.4. The number of benzene rings is 1. The summed E-state index contributed by atoms with van der Waals surface area (Å²) in [6.45, 7) is 7.37. The Labute approximate surface area is 150 Å². The zero-order valence-corrected chi connectivity index (χ0v) is 15.2. The molecule has 0 aromatic heterocycles. The molecule has 5 nitrogen and oxygen atoms in total. The van der Waals surface area contributed by atoms with E-state index in [0.717, 1.165) is 51.4 Å². The molecule has 0 radical (unpaired) electrons. The number of fused-ring (bicyclic) bond motifs is 1. The van der Waals surface area contributed by atoms with Crippen molar-refractivity contribution in [2.45, 2.75) is 44.2 Å². The second-order valence-electron chi connectivity index (χ2n) is 7.73. The van der Waals surface area contributed by atoms with Crippen LogP contribution in [0.5, 0.6) is 5.75 Å². The van der Waals surface area contributed by atoms with E-state index >= 15 is 0 Å². The maximum absolute atomic E-state index is 11.4. The van der Waals surface area contributed by atoms with Crippen LogP contribution in [0.2, 0.25) is 0 Å². The van der Waals surface area contributed by atoms with E-state index in [9.17, 15) is 4.79 Å². The normalized spacial score (nSPS) is 25.2. The molecule has 1 aromatic carbocycles. The van der Waals surface area contributed by atoms with E-state index in [1.54, 1.807) is 6.92 Å². The molecule has 0 unspecified atom stereocenters. The van der Waals surface area contributed by atoms with Crippen LogP contribution in [0.25, 0.3) is 0 Å². The zero-order chi connectivity index (χ0) is 17.3. The summed E-state index contributed by atoms with van der Waals surface area (Å²) in [6.07, 6.45) is 4.75. The van der Waals surface area contributed by atoms with Gasteiger partial charge in [0, 0.05) is 64.2 Å². The minimum atomic E-state index is 0.0825. The maximum Gasteiger partial charge on any atom is 0.219 e. The summed E-state index contributed by atoms with van der Waals surface area (Å²) in [5.41, 5.74) is 1.39. The monoisotopic (exact) mass is 343 g/mol. The molecule has 2 aliphatic heterocycles. The summed E-state index contributed by atoms with van der Waals surface area (Å²) in [6, 6.07) is 8.89. The number of amides is 1. The fraction of sp³-hybridized carbons (Fsp3) is 0.650. The first kappa shape index (κ1) is 16.9. The molecule has 5 heteroatoms. The van der Waals surface area contributed by atoms with Crippen molar-refractivity contribution in [1.29, 1.82) is 0 Å². The summed E-state index contributed by atoms with van der Waals surface area (Å²) in [5, 5.41) is 3.78. The summed E-state index contributed by atoms with van der Waals surface area (Å²) in [5.74, 6) is 1.27. The Balaban J connectivity index is 1.31. The van der Waals surface area contributed by atoms with Gasteiger partial charge >= 0.3 is 0 Å². The fourth-order valence-electron chi connectivity index (χ4n) is 4.36. The molecule has 1 aromatic rings. The molecule has 1 aliphatic carbocycles. The number of rotatable bonds is 4. The Morgan fingerprint density at radius 2 is 2.00 bits per heavy atom. The number of nitrogens with one attached hydrogen (secondary N) is 1. The minimum Gasteiger partial charge on any atom is -0.487 e. The number of ether oxygens (including phenoxy) is 1. The molecule has 1 amide bonds. The van der Waals surface area contributed by atoms with Crippen LogP contribution >= 0.6 is 0 Å². The van der Waals surface area contributed by atoms with Crippen molar-refractivity contribution in [3.05, 3.63) is 29.8 Å². The van der Waals surface area contributed by atoms with Crippen LogP contribution in [0.1, 0.15) is 44.2 Å². The van der Waals surface area contributed by atoms with Crippen LogP contribution in [0.15, 0.2) is 24.3 Å². The molecule has 136 valence electrons. The number of para-hydroxylation sites is 1. The van der Waals surface area contributed by atoms with Crippen LogP contribution in [0, 0.1) is 0 Å². The largest absolute Gasteiger partial charge is 0.487 e. The van der Waals surface area contributed by atoms with Crippen molar-refractivity contribution in [1.82, 2.24) is 15.1 Å². The number of carbonyl (C=O) groups excluding carboxylic acids is 1. The van der Waals surface area contributed by atoms with Crippen LogP contribution in [0.3, 0.4) is 0 Å². The Morgan fingerprint density at radius 3 is 2.68 bits per heavy atom. The van der Waals surface area contributed by atoms with Crippen LogP contribution in [-0.4, -0.2) is 60.6 Å². The van der Waals surface area contributed by atoms with Gasteiger partial charge in [0.1, 0.15) is 11.4 Å². The molecule has 0 bridgehead atoms. The first-order valence-corrected chi connectivity index (χ1v) is 9.64. The molecule has 1 atom stereocenters. The lowest BCUT2D eigenvalue weighted by Crippen LogP contribution is -2.51. The van der Waals surface area contributed by atoms with Crippen LogP contribution < -0.4 is 10.1 Å². The highest BCUT2D eigenvalue weighted by Gasteiger charge is 2.45. The molecule has 2 fully saturated rings. The Hall–Kier alpha value is -1.59. The van der Waals surface area contributed by atoms with Crippen LogP contribution in [0.4, 0.5) is 0 Å². The highest BCUT2D eigenvalue weighted by molar-refractivity contribution is 5.73. The molecule has 1 spiro atoms. The van der Waals surface area contributed by atoms with E-state index in [-0.39, 0.29) is 11.5 Å². The van der Waals surface area contributed by atoms with E-state index in [1.807, 2.05) is 4.90 Å². The molecule has 3 aliphatic rings. The molecule has 2 heterocycles. The summed E-state index contributed by atoms with van der Waals surface area (Å²) in [7, 11) is 0. The first-order valence-electron chi connectivity index (χ1n) is 9.64. The Bertz CT molecular complexity index is 621. The average Bonchev–Trinajstić information content (AvgIpc) is 2.60. The molecule has 25 heavy (non-hydrogen) atoms. The second kappa shape index (κ2) is 6.96. The lowest BCUT2D eigenvalue weighted by Gasteiger charge is -2.48. The number of carbonyl (C=O) groups is 1. The lowest BCUT2D eigenvalue weighted by molar-refractivity contribution is -0.130.